The van der Waals surface area contributed by atoms with Crippen LogP contribution in [0.5, 0.6) is 0 Å². The highest BCUT2D eigenvalue weighted by Gasteiger charge is 2.29. The third-order valence-electron chi connectivity index (χ3n) is 1.14. The zero-order valence-electron chi connectivity index (χ0n) is 6.28. The van der Waals surface area contributed by atoms with Gasteiger partial charge in [0.1, 0.15) is 0 Å². The van der Waals surface area contributed by atoms with Crippen molar-refractivity contribution in [3.8, 4) is 0 Å². The first kappa shape index (κ1) is 10.7. The molecule has 0 aromatic carbocycles. The molecule has 0 aliphatic heterocycles. The van der Waals surface area contributed by atoms with Crippen LogP contribution in [0.15, 0.2) is 0 Å². The number of rotatable bonds is 4. The Labute approximate surface area is 63.4 Å². The van der Waals surface area contributed by atoms with Gasteiger partial charge in [0.25, 0.3) is 0 Å². The fraction of sp³-hybridized carbons (Fsp3) is 1.00. The van der Waals surface area contributed by atoms with Gasteiger partial charge in [-0.25, -0.2) is 0 Å². The van der Waals surface area contributed by atoms with Crippen LogP contribution in [0.3, 0.4) is 0 Å². The van der Waals surface area contributed by atoms with Gasteiger partial charge in [-0.15, -0.1) is 0 Å². The van der Waals surface area contributed by atoms with E-state index < -0.39 is 18.6 Å². The lowest BCUT2D eigenvalue weighted by molar-refractivity contribution is -0.139. The summed E-state index contributed by atoms with van der Waals surface area (Å²) in [5.41, 5.74) is 0. The summed E-state index contributed by atoms with van der Waals surface area (Å²) in [7, 11) is 0. The Balaban J connectivity index is 3.44. The van der Waals surface area contributed by atoms with Crippen LogP contribution < -0.4 is 5.32 Å². The number of hydrogen-bond donors (Lipinski definition) is 2. The van der Waals surface area contributed by atoms with Crippen molar-refractivity contribution in [3.63, 3.8) is 0 Å². The summed E-state index contributed by atoms with van der Waals surface area (Å²) in [6, 6.07) is -0.623. The molecule has 0 aliphatic rings. The minimum atomic E-state index is -4.12. The Kier molecular flexibility index (Phi) is 4.44. The van der Waals surface area contributed by atoms with Crippen LogP contribution in [-0.2, 0) is 0 Å². The second kappa shape index (κ2) is 4.56. The van der Waals surface area contributed by atoms with Crippen molar-refractivity contribution in [3.05, 3.63) is 0 Å². The maximum Gasteiger partial charge on any atom is 0.390 e. The van der Waals surface area contributed by atoms with E-state index in [1.165, 1.54) is 6.92 Å². The molecule has 0 aromatic heterocycles. The fourth-order valence-corrected chi connectivity index (χ4v) is 0.730. The normalized spacial score (nSPS) is 15.0. The van der Waals surface area contributed by atoms with Crippen LogP contribution in [0.1, 0.15) is 13.3 Å². The molecular formula is C6H12F3NO. The highest BCUT2D eigenvalue weighted by Crippen LogP contribution is 2.20. The second-order valence-electron chi connectivity index (χ2n) is 2.40. The predicted molar refractivity (Wildman–Crippen MR) is 35.2 cm³/mol. The van der Waals surface area contributed by atoms with Crippen molar-refractivity contribution in [2.45, 2.75) is 25.6 Å². The number of aliphatic hydroxyl groups is 1. The van der Waals surface area contributed by atoms with Crippen molar-refractivity contribution in [2.24, 2.45) is 0 Å². The third kappa shape index (κ3) is 7.61. The Morgan fingerprint density at radius 3 is 2.36 bits per heavy atom. The summed E-state index contributed by atoms with van der Waals surface area (Å²) in [5.74, 6) is 0. The van der Waals surface area contributed by atoms with E-state index in [1.54, 1.807) is 0 Å². The first-order valence-corrected chi connectivity index (χ1v) is 3.36. The van der Waals surface area contributed by atoms with Gasteiger partial charge in [0.05, 0.1) is 13.0 Å². The van der Waals surface area contributed by atoms with Crippen molar-refractivity contribution >= 4 is 0 Å². The van der Waals surface area contributed by atoms with E-state index in [0.717, 1.165) is 0 Å². The van der Waals surface area contributed by atoms with Gasteiger partial charge >= 0.3 is 6.18 Å². The van der Waals surface area contributed by atoms with E-state index in [-0.39, 0.29) is 13.2 Å². The average molecular weight is 171 g/mol. The number of aliphatic hydroxyl groups excluding tert-OH is 1. The lowest BCUT2D eigenvalue weighted by Gasteiger charge is -2.14. The van der Waals surface area contributed by atoms with Crippen LogP contribution in [0.2, 0.25) is 0 Å². The first-order valence-electron chi connectivity index (χ1n) is 3.36. The molecule has 0 rings (SSSR count). The maximum atomic E-state index is 11.6. The molecule has 5 heteroatoms. The minimum Gasteiger partial charge on any atom is -0.395 e. The van der Waals surface area contributed by atoms with Crippen molar-refractivity contribution in [1.29, 1.82) is 0 Å². The van der Waals surface area contributed by atoms with E-state index in [0.29, 0.717) is 0 Å². The lowest BCUT2D eigenvalue weighted by atomic mass is 10.2. The summed E-state index contributed by atoms with van der Waals surface area (Å²) in [4.78, 5) is 0. The fourth-order valence-electron chi connectivity index (χ4n) is 0.730. The Morgan fingerprint density at radius 2 is 2.00 bits per heavy atom. The van der Waals surface area contributed by atoms with Gasteiger partial charge in [0.2, 0.25) is 0 Å². The van der Waals surface area contributed by atoms with E-state index in [1.807, 2.05) is 0 Å². The van der Waals surface area contributed by atoms with Gasteiger partial charge in [-0.1, -0.05) is 0 Å². The Bertz CT molecular complexity index is 104. The highest BCUT2D eigenvalue weighted by atomic mass is 19.4. The molecule has 0 amide bonds. The molecule has 1 atom stereocenters. The van der Waals surface area contributed by atoms with Gasteiger partial charge in [0.15, 0.2) is 0 Å². The zero-order chi connectivity index (χ0) is 8.91. The number of alkyl halides is 3. The van der Waals surface area contributed by atoms with E-state index >= 15 is 0 Å². The van der Waals surface area contributed by atoms with Crippen LogP contribution in [0, 0.1) is 0 Å². The summed E-state index contributed by atoms with van der Waals surface area (Å²) >= 11 is 0. The molecule has 2 N–H and O–H groups in total. The SMILES string of the molecule is CC(CC(F)(F)F)NCCO. The molecule has 68 valence electrons. The van der Waals surface area contributed by atoms with Crippen LogP contribution in [0.25, 0.3) is 0 Å². The molecule has 0 saturated carbocycles. The molecular weight excluding hydrogens is 159 g/mol. The molecule has 0 aromatic rings. The summed E-state index contributed by atoms with van der Waals surface area (Å²) in [6.07, 6.45) is -4.98. The summed E-state index contributed by atoms with van der Waals surface area (Å²) < 4.78 is 34.9. The monoisotopic (exact) mass is 171 g/mol. The topological polar surface area (TPSA) is 32.3 Å². The standard InChI is InChI=1S/C6H12F3NO/c1-5(10-2-3-11)4-6(7,8)9/h5,10-11H,2-4H2,1H3. The van der Waals surface area contributed by atoms with Crippen LogP contribution in [0.4, 0.5) is 13.2 Å². The number of hydrogen-bond acceptors (Lipinski definition) is 2. The summed E-state index contributed by atoms with van der Waals surface area (Å²) in [6.45, 7) is 1.50. The van der Waals surface area contributed by atoms with Gasteiger partial charge < -0.3 is 10.4 Å². The molecule has 0 spiro atoms. The quantitative estimate of drug-likeness (QED) is 0.659. The number of nitrogens with one attached hydrogen (secondary N) is 1. The largest absolute Gasteiger partial charge is 0.395 e. The predicted octanol–water partition coefficient (Wildman–Crippen LogP) is 0.909. The van der Waals surface area contributed by atoms with Crippen molar-refractivity contribution in [2.75, 3.05) is 13.2 Å². The Morgan fingerprint density at radius 1 is 1.45 bits per heavy atom. The molecule has 1 unspecified atom stereocenters. The zero-order valence-corrected chi connectivity index (χ0v) is 6.28. The first-order chi connectivity index (χ1) is 4.95. The molecule has 0 saturated heterocycles. The smallest absolute Gasteiger partial charge is 0.390 e. The second-order valence-corrected chi connectivity index (χ2v) is 2.40. The third-order valence-corrected chi connectivity index (χ3v) is 1.14. The average Bonchev–Trinajstić information content (AvgIpc) is 1.79. The molecule has 0 heterocycles. The van der Waals surface area contributed by atoms with Crippen molar-refractivity contribution < 1.29 is 18.3 Å². The highest BCUT2D eigenvalue weighted by molar-refractivity contribution is 4.64. The van der Waals surface area contributed by atoms with Gasteiger partial charge in [-0.2, -0.15) is 13.2 Å². The number of halogens is 3. The lowest BCUT2D eigenvalue weighted by Crippen LogP contribution is -2.32. The van der Waals surface area contributed by atoms with Gasteiger partial charge in [-0.05, 0) is 6.92 Å². The minimum absolute atomic E-state index is 0.137. The van der Waals surface area contributed by atoms with Gasteiger partial charge in [0, 0.05) is 12.6 Å². The molecule has 0 radical (unpaired) electrons. The van der Waals surface area contributed by atoms with Crippen LogP contribution in [-0.4, -0.2) is 30.5 Å². The molecule has 0 bridgehead atoms. The van der Waals surface area contributed by atoms with Crippen molar-refractivity contribution in [1.82, 2.24) is 5.32 Å². The van der Waals surface area contributed by atoms with E-state index in [9.17, 15) is 13.2 Å². The van der Waals surface area contributed by atoms with Gasteiger partial charge in [-0.3, -0.25) is 0 Å². The summed E-state index contributed by atoms with van der Waals surface area (Å²) in [5, 5.41) is 10.8. The van der Waals surface area contributed by atoms with E-state index in [2.05, 4.69) is 5.32 Å². The molecule has 11 heavy (non-hydrogen) atoms. The molecule has 0 aliphatic carbocycles. The Hall–Kier alpha value is -0.290. The molecule has 2 nitrogen and oxygen atoms in total. The van der Waals surface area contributed by atoms with E-state index in [4.69, 9.17) is 5.11 Å². The maximum absolute atomic E-state index is 11.6. The molecule has 0 fully saturated rings. The van der Waals surface area contributed by atoms with Crippen LogP contribution >= 0.6 is 0 Å².